The van der Waals surface area contributed by atoms with Crippen LogP contribution in [0.25, 0.3) is 10.2 Å². The molecule has 0 unspecified atom stereocenters. The normalized spacial score (nSPS) is 25.8. The number of anilines is 1. The van der Waals surface area contributed by atoms with Crippen molar-refractivity contribution in [2.75, 3.05) is 62.9 Å². The second-order valence-corrected chi connectivity index (χ2v) is 9.93. The number of hydrogen-bond acceptors (Lipinski definition) is 8. The smallest absolute Gasteiger partial charge is 0.240 e. The highest BCUT2D eigenvalue weighted by molar-refractivity contribution is 7.99. The van der Waals surface area contributed by atoms with E-state index in [4.69, 9.17) is 9.72 Å². The lowest BCUT2D eigenvalue weighted by Crippen LogP contribution is -2.51. The van der Waals surface area contributed by atoms with E-state index < -0.39 is 0 Å². The van der Waals surface area contributed by atoms with Gasteiger partial charge < -0.3 is 19.9 Å². The van der Waals surface area contributed by atoms with Gasteiger partial charge in [-0.2, -0.15) is 0 Å². The van der Waals surface area contributed by atoms with E-state index in [0.717, 1.165) is 73.7 Å². The number of hydrogen-bond donors (Lipinski definition) is 1. The van der Waals surface area contributed by atoms with Gasteiger partial charge in [0.25, 0.3) is 0 Å². The molecule has 7 nitrogen and oxygen atoms in total. The van der Waals surface area contributed by atoms with Crippen LogP contribution in [0.2, 0.25) is 0 Å². The Balaban J connectivity index is 1.17. The van der Waals surface area contributed by atoms with Crippen LogP contribution in [0.5, 0.6) is 5.75 Å². The molecule has 0 spiro atoms. The van der Waals surface area contributed by atoms with Gasteiger partial charge in [-0.25, -0.2) is 4.98 Å². The lowest BCUT2D eigenvalue weighted by molar-refractivity contribution is -0.131. The highest BCUT2D eigenvalue weighted by Gasteiger charge is 2.36. The highest BCUT2D eigenvalue weighted by atomic mass is 32.2. The Morgan fingerprint density at radius 1 is 1.24 bits per heavy atom. The number of rotatable bonds is 4. The minimum absolute atomic E-state index is 0.00373. The number of carbonyl (C=O) groups is 1. The van der Waals surface area contributed by atoms with Crippen molar-refractivity contribution in [3.8, 4) is 5.75 Å². The van der Waals surface area contributed by atoms with E-state index >= 15 is 0 Å². The molecule has 9 heteroatoms. The molecule has 1 aromatic heterocycles. The Bertz CT molecular complexity index is 877. The number of fused-ring (bicyclic) bond motifs is 1. The van der Waals surface area contributed by atoms with Gasteiger partial charge in [0.15, 0.2) is 5.13 Å². The second kappa shape index (κ2) is 8.29. The molecule has 3 aliphatic rings. The van der Waals surface area contributed by atoms with E-state index in [1.807, 2.05) is 28.8 Å². The maximum atomic E-state index is 12.7. The fourth-order valence-corrected chi connectivity index (χ4v) is 6.43. The van der Waals surface area contributed by atoms with Crippen molar-refractivity contribution >= 4 is 44.4 Å². The van der Waals surface area contributed by atoms with Crippen LogP contribution in [0.1, 0.15) is 6.42 Å². The molecule has 0 radical (unpaired) electrons. The van der Waals surface area contributed by atoms with Gasteiger partial charge in [0.1, 0.15) is 5.75 Å². The topological polar surface area (TPSA) is 60.9 Å². The summed E-state index contributed by atoms with van der Waals surface area (Å²) in [6, 6.07) is 6.52. The van der Waals surface area contributed by atoms with Gasteiger partial charge >= 0.3 is 0 Å². The van der Waals surface area contributed by atoms with Crippen molar-refractivity contribution in [1.29, 1.82) is 0 Å². The quantitative estimate of drug-likeness (QED) is 0.787. The fourth-order valence-electron chi connectivity index (χ4n) is 4.42. The van der Waals surface area contributed by atoms with Crippen molar-refractivity contribution in [3.05, 3.63) is 18.2 Å². The number of benzene rings is 1. The third-order valence-electron chi connectivity index (χ3n) is 6.16. The Labute approximate surface area is 179 Å². The van der Waals surface area contributed by atoms with Crippen LogP contribution >= 0.6 is 23.1 Å². The number of nitrogens with zero attached hydrogens (tertiary/aromatic N) is 4. The van der Waals surface area contributed by atoms with E-state index in [1.165, 1.54) is 4.70 Å². The van der Waals surface area contributed by atoms with Crippen LogP contribution in [0.3, 0.4) is 0 Å². The van der Waals surface area contributed by atoms with Crippen molar-refractivity contribution in [2.45, 2.75) is 18.5 Å². The average molecular weight is 434 g/mol. The van der Waals surface area contributed by atoms with Crippen LogP contribution in [0.4, 0.5) is 5.13 Å². The van der Waals surface area contributed by atoms with Crippen molar-refractivity contribution < 1.29 is 9.53 Å². The third kappa shape index (κ3) is 3.93. The molecule has 0 bridgehead atoms. The molecule has 1 N–H and O–H groups in total. The molecule has 2 aromatic rings. The zero-order valence-corrected chi connectivity index (χ0v) is 18.3. The molecule has 156 valence electrons. The zero-order chi connectivity index (χ0) is 19.8. The fraction of sp³-hybridized carbons (Fsp3) is 0.600. The summed E-state index contributed by atoms with van der Waals surface area (Å²) in [6.45, 7) is 5.82. The van der Waals surface area contributed by atoms with Crippen molar-refractivity contribution in [1.82, 2.24) is 20.1 Å². The van der Waals surface area contributed by atoms with Gasteiger partial charge in [-0.1, -0.05) is 11.3 Å². The highest BCUT2D eigenvalue weighted by Crippen LogP contribution is 2.32. The predicted molar refractivity (Wildman–Crippen MR) is 119 cm³/mol. The molecule has 3 fully saturated rings. The molecular formula is C20H27N5O2S2. The summed E-state index contributed by atoms with van der Waals surface area (Å²) in [6.07, 6.45) is 0.931. The van der Waals surface area contributed by atoms with E-state index in [2.05, 4.69) is 21.2 Å². The average Bonchev–Trinajstić information content (AvgIpc) is 3.53. The first-order valence-electron chi connectivity index (χ1n) is 10.2. The lowest BCUT2D eigenvalue weighted by atomic mass is 10.1. The van der Waals surface area contributed by atoms with E-state index in [0.29, 0.717) is 11.9 Å². The number of thiazole rings is 1. The minimum atomic E-state index is -0.00373. The third-order valence-corrected chi connectivity index (χ3v) is 8.20. The number of methoxy groups -OCH3 is 1. The first-order chi connectivity index (χ1) is 14.2. The Morgan fingerprint density at radius 2 is 2.10 bits per heavy atom. The standard InChI is InChI=1S/C20H27N5O2S2/c1-27-15-2-3-16-18(11-15)29-20(22-16)24-6-4-23(5-7-24)14-10-17(21-12-14)19(26)25-8-9-28-13-25/h2-3,11,14,17,21H,4-10,12-13H2,1H3/t14-,17-/m0/s1. The van der Waals surface area contributed by atoms with Crippen molar-refractivity contribution in [3.63, 3.8) is 0 Å². The molecule has 0 aliphatic carbocycles. The maximum Gasteiger partial charge on any atom is 0.240 e. The first-order valence-corrected chi connectivity index (χ1v) is 12.2. The number of amides is 1. The number of nitrogens with one attached hydrogen (secondary N) is 1. The number of carbonyl (C=O) groups excluding carboxylic acids is 1. The number of thioether (sulfide) groups is 1. The van der Waals surface area contributed by atoms with Crippen LogP contribution in [-0.4, -0.2) is 90.8 Å². The largest absolute Gasteiger partial charge is 0.497 e. The summed E-state index contributed by atoms with van der Waals surface area (Å²) in [5, 5.41) is 4.57. The molecular weight excluding hydrogens is 406 g/mol. The molecule has 1 aromatic carbocycles. The summed E-state index contributed by atoms with van der Waals surface area (Å²) < 4.78 is 6.50. The van der Waals surface area contributed by atoms with Crippen LogP contribution < -0.4 is 15.0 Å². The van der Waals surface area contributed by atoms with Gasteiger partial charge in [0, 0.05) is 51.1 Å². The van der Waals surface area contributed by atoms with Crippen LogP contribution in [0, 0.1) is 0 Å². The molecule has 1 amide bonds. The maximum absolute atomic E-state index is 12.7. The van der Waals surface area contributed by atoms with Gasteiger partial charge in [-0.3, -0.25) is 9.69 Å². The Kier molecular flexibility index (Phi) is 5.55. The summed E-state index contributed by atoms with van der Waals surface area (Å²) >= 11 is 3.59. The molecule has 3 saturated heterocycles. The Hall–Kier alpha value is -1.55. The number of piperazine rings is 1. The van der Waals surface area contributed by atoms with Crippen LogP contribution in [0.15, 0.2) is 18.2 Å². The Morgan fingerprint density at radius 3 is 2.86 bits per heavy atom. The van der Waals surface area contributed by atoms with Gasteiger partial charge in [-0.15, -0.1) is 11.8 Å². The first kappa shape index (κ1) is 19.4. The van der Waals surface area contributed by atoms with E-state index in [-0.39, 0.29) is 6.04 Å². The second-order valence-electron chi connectivity index (χ2n) is 7.84. The molecule has 0 saturated carbocycles. The SMILES string of the molecule is COc1ccc2nc(N3CCN([C@@H]4CN[C@H](C(=O)N5CCSC5)C4)CC3)sc2c1. The summed E-state index contributed by atoms with van der Waals surface area (Å²) in [4.78, 5) is 24.4. The number of ether oxygens (including phenoxy) is 1. The van der Waals surface area contributed by atoms with Gasteiger partial charge in [-0.05, 0) is 24.6 Å². The summed E-state index contributed by atoms with van der Waals surface area (Å²) in [5.74, 6) is 3.10. The van der Waals surface area contributed by atoms with Gasteiger partial charge in [0.2, 0.25) is 5.91 Å². The van der Waals surface area contributed by atoms with E-state index in [9.17, 15) is 4.79 Å². The van der Waals surface area contributed by atoms with Crippen LogP contribution in [-0.2, 0) is 4.79 Å². The summed E-state index contributed by atoms with van der Waals surface area (Å²) in [5.41, 5.74) is 1.04. The molecule has 5 rings (SSSR count). The summed E-state index contributed by atoms with van der Waals surface area (Å²) in [7, 11) is 1.70. The predicted octanol–water partition coefficient (Wildman–Crippen LogP) is 1.69. The van der Waals surface area contributed by atoms with E-state index in [1.54, 1.807) is 18.4 Å². The molecule has 4 heterocycles. The molecule has 2 atom stereocenters. The lowest BCUT2D eigenvalue weighted by Gasteiger charge is -2.37. The monoisotopic (exact) mass is 433 g/mol. The zero-order valence-electron chi connectivity index (χ0n) is 16.7. The minimum Gasteiger partial charge on any atom is -0.497 e. The molecule has 3 aliphatic heterocycles. The van der Waals surface area contributed by atoms with Crippen molar-refractivity contribution in [2.24, 2.45) is 0 Å². The molecule has 29 heavy (non-hydrogen) atoms. The number of aromatic nitrogens is 1. The van der Waals surface area contributed by atoms with Gasteiger partial charge in [0.05, 0.1) is 29.2 Å².